The Balaban J connectivity index is 0.689. The molecule has 0 radical (unpaired) electrons. The number of aliphatic imine (C=N–C) groups is 2. The zero-order chi connectivity index (χ0) is 46.8. The molecule has 3 aromatic rings. The number of carbonyl (C=O) groups excluding carboxylic acids is 4. The number of hydrogen-bond donors (Lipinski definition) is 2. The van der Waals surface area contributed by atoms with Gasteiger partial charge in [0, 0.05) is 56.4 Å². The van der Waals surface area contributed by atoms with Crippen LogP contribution in [0.2, 0.25) is 0 Å². The highest BCUT2D eigenvalue weighted by Gasteiger charge is 2.39. The second-order valence-corrected chi connectivity index (χ2v) is 20.2. The highest BCUT2D eigenvalue weighted by atomic mass is 16.2. The van der Waals surface area contributed by atoms with Crippen LogP contribution in [0.5, 0.6) is 0 Å². The van der Waals surface area contributed by atoms with Crippen LogP contribution in [-0.4, -0.2) is 107 Å². The number of pyridine rings is 2. The first kappa shape index (κ1) is 46.4. The van der Waals surface area contributed by atoms with Gasteiger partial charge < -0.3 is 24.9 Å². The number of hydrogen-bond acceptors (Lipinski definition) is 10. The number of aromatic nitrogens is 2. The fourth-order valence-electron chi connectivity index (χ4n) is 11.9. The van der Waals surface area contributed by atoms with Crippen LogP contribution in [0, 0.1) is 31.6 Å². The van der Waals surface area contributed by atoms with Crippen LogP contribution in [0.25, 0.3) is 0 Å². The third-order valence-corrected chi connectivity index (χ3v) is 16.0. The van der Waals surface area contributed by atoms with Gasteiger partial charge >= 0.3 is 0 Å². The van der Waals surface area contributed by atoms with E-state index in [-0.39, 0.29) is 53.0 Å². The molecule has 1 aromatic carbocycles. The smallest absolute Gasteiger partial charge is 0.263 e. The van der Waals surface area contributed by atoms with E-state index in [4.69, 9.17) is 9.98 Å². The minimum absolute atomic E-state index is 0.00579. The van der Waals surface area contributed by atoms with Crippen LogP contribution in [0.15, 0.2) is 51.3 Å². The number of rotatable bonds is 12. The lowest BCUT2D eigenvalue weighted by Gasteiger charge is -2.38. The lowest BCUT2D eigenvalue weighted by Crippen LogP contribution is -2.52. The number of nitrogens with zero attached hydrogens (tertiary/aromatic N) is 8. The average Bonchev–Trinajstić information content (AvgIpc) is 3.98. The Morgan fingerprint density at radius 1 is 0.821 bits per heavy atom. The van der Waals surface area contributed by atoms with E-state index in [1.165, 1.54) is 77.9 Å². The maximum absolute atomic E-state index is 13.7. The molecule has 0 bridgehead atoms. The molecule has 1 aliphatic carbocycles. The molecule has 15 heteroatoms. The molecule has 3 amide bonds. The van der Waals surface area contributed by atoms with Gasteiger partial charge in [-0.3, -0.25) is 33.9 Å². The molecule has 5 aliphatic heterocycles. The Kier molecular flexibility index (Phi) is 14.0. The van der Waals surface area contributed by atoms with Crippen molar-refractivity contribution in [1.82, 2.24) is 24.7 Å². The van der Waals surface area contributed by atoms with Crippen LogP contribution in [0.4, 0.5) is 23.0 Å². The first-order chi connectivity index (χ1) is 32.4. The van der Waals surface area contributed by atoms with Crippen molar-refractivity contribution in [2.75, 3.05) is 60.9 Å². The van der Waals surface area contributed by atoms with E-state index in [0.29, 0.717) is 35.7 Å². The van der Waals surface area contributed by atoms with Gasteiger partial charge in [-0.15, -0.1) is 0 Å². The Morgan fingerprint density at radius 3 is 2.12 bits per heavy atom. The summed E-state index contributed by atoms with van der Waals surface area (Å²) in [7, 11) is 0. The summed E-state index contributed by atoms with van der Waals surface area (Å²) in [6.07, 6.45) is 16.3. The average molecular weight is 913 g/mol. The van der Waals surface area contributed by atoms with Crippen LogP contribution < -0.4 is 26.0 Å². The summed E-state index contributed by atoms with van der Waals surface area (Å²) in [5.74, 6) is 2.69. The molecular weight excluding hydrogens is 845 g/mol. The normalized spacial score (nSPS) is 21.8. The van der Waals surface area contributed by atoms with E-state index in [2.05, 4.69) is 55.2 Å². The molecule has 4 saturated heterocycles. The number of amides is 3. The molecule has 1 atom stereocenters. The number of anilines is 3. The van der Waals surface area contributed by atoms with Gasteiger partial charge in [0.15, 0.2) is 5.78 Å². The lowest BCUT2D eigenvalue weighted by atomic mass is 9.82. The summed E-state index contributed by atoms with van der Waals surface area (Å²) >= 11 is 0. The summed E-state index contributed by atoms with van der Waals surface area (Å²) in [6.45, 7) is 17.0. The molecule has 2 aromatic heterocycles. The molecule has 9 rings (SSSR count). The molecular formula is C52H68N10O5. The largest absolute Gasteiger partial charge is 0.372 e. The number of likely N-dealkylation sites (tertiary alicyclic amines) is 1. The Bertz CT molecular complexity index is 2450. The highest BCUT2D eigenvalue weighted by molar-refractivity contribution is 6.05. The predicted molar refractivity (Wildman–Crippen MR) is 263 cm³/mol. The third-order valence-electron chi connectivity index (χ3n) is 16.0. The van der Waals surface area contributed by atoms with Crippen molar-refractivity contribution in [3.05, 3.63) is 74.7 Å². The van der Waals surface area contributed by atoms with Gasteiger partial charge in [-0.2, -0.15) is 4.99 Å². The van der Waals surface area contributed by atoms with Crippen LogP contribution in [0.3, 0.4) is 0 Å². The zero-order valence-electron chi connectivity index (χ0n) is 39.7. The molecule has 15 nitrogen and oxygen atoms in total. The van der Waals surface area contributed by atoms with Crippen LogP contribution in [-0.2, 0) is 16.1 Å². The zero-order valence-corrected chi connectivity index (χ0v) is 39.7. The first-order valence-corrected chi connectivity index (χ1v) is 25.0. The standard InChI is InChI=1S/C52H68N10O5/c1-33-34(2)48(62(40-7-5-6-8-40)51(67)47(33)35(3)63)57-52(53-4)55-45-13-10-42(31-54-45)60-25-18-36(19-26-60)15-22-58-23-16-37(17-24-58)29-38-20-27-59(28-21-38)41-9-11-43-39(30-41)32-61(50(43)66)44-12-14-46(64)56-49(44)65/h9-11,13,30-31,36-38,40,44H,4-8,12,14-29,32H2,1-3H3,(H,54,55,57)(H,56,64,65). The summed E-state index contributed by atoms with van der Waals surface area (Å²) in [5.41, 5.74) is 5.31. The second kappa shape index (κ2) is 20.3. The topological polar surface area (TPSA) is 165 Å². The summed E-state index contributed by atoms with van der Waals surface area (Å²) in [5, 5.41) is 5.60. The second-order valence-electron chi connectivity index (χ2n) is 20.2. The fraction of sp³-hybridized carbons (Fsp3) is 0.577. The summed E-state index contributed by atoms with van der Waals surface area (Å²) in [6, 6.07) is 9.58. The summed E-state index contributed by atoms with van der Waals surface area (Å²) < 4.78 is 1.71. The minimum atomic E-state index is -0.584. The molecule has 2 N–H and O–H groups in total. The van der Waals surface area contributed by atoms with Gasteiger partial charge in [0.05, 0.1) is 17.4 Å². The molecule has 67 heavy (non-hydrogen) atoms. The van der Waals surface area contributed by atoms with E-state index in [1.807, 2.05) is 32.2 Å². The molecule has 5 fully saturated rings. The van der Waals surface area contributed by atoms with Gasteiger partial charge in [-0.05, 0) is 183 Å². The van der Waals surface area contributed by atoms with E-state index in [0.717, 1.165) is 92.1 Å². The maximum Gasteiger partial charge on any atom is 0.263 e. The number of guanidine groups is 1. The first-order valence-electron chi connectivity index (χ1n) is 25.0. The minimum Gasteiger partial charge on any atom is -0.372 e. The van der Waals surface area contributed by atoms with E-state index < -0.39 is 6.04 Å². The number of fused-ring (bicyclic) bond motifs is 1. The van der Waals surface area contributed by atoms with Crippen molar-refractivity contribution < 1.29 is 19.2 Å². The van der Waals surface area contributed by atoms with Crippen LogP contribution in [0.1, 0.15) is 140 Å². The fourth-order valence-corrected chi connectivity index (χ4v) is 11.9. The molecule has 1 unspecified atom stereocenters. The van der Waals surface area contributed by atoms with Crippen molar-refractivity contribution in [3.63, 3.8) is 0 Å². The molecule has 0 spiro atoms. The van der Waals surface area contributed by atoms with E-state index in [9.17, 15) is 24.0 Å². The molecule has 1 saturated carbocycles. The molecule has 6 aliphatic rings. The quantitative estimate of drug-likeness (QED) is 0.0812. The lowest BCUT2D eigenvalue weighted by molar-refractivity contribution is -0.136. The predicted octanol–water partition coefficient (Wildman–Crippen LogP) is 7.36. The van der Waals surface area contributed by atoms with Gasteiger partial charge in [-0.25, -0.2) is 9.98 Å². The maximum atomic E-state index is 13.7. The van der Waals surface area contributed by atoms with Crippen molar-refractivity contribution in [2.24, 2.45) is 27.7 Å². The van der Waals surface area contributed by atoms with Gasteiger partial charge in [0.2, 0.25) is 17.8 Å². The van der Waals surface area contributed by atoms with E-state index in [1.54, 1.807) is 9.47 Å². The summed E-state index contributed by atoms with van der Waals surface area (Å²) in [4.78, 5) is 86.4. The number of piperidine rings is 4. The van der Waals surface area contributed by atoms with Gasteiger partial charge in [-0.1, -0.05) is 12.8 Å². The molecule has 7 heterocycles. The number of nitrogens with one attached hydrogen (secondary N) is 2. The SMILES string of the molecule is C=N/C(=N\c1c(C)c(C)c(C(C)=O)c(=O)n1C1CCCC1)Nc1ccc(N2CCC(CCN3CCC(CC4CCN(c5ccc6c(c5)CN(C5CCC(=O)NC5=O)C6=O)CC4)CC3)CC2)cn1. The van der Waals surface area contributed by atoms with Gasteiger partial charge in [0.1, 0.15) is 17.7 Å². The van der Waals surface area contributed by atoms with Crippen molar-refractivity contribution in [1.29, 1.82) is 0 Å². The Morgan fingerprint density at radius 2 is 1.48 bits per heavy atom. The highest BCUT2D eigenvalue weighted by Crippen LogP contribution is 2.37. The third kappa shape index (κ3) is 10.1. The van der Waals surface area contributed by atoms with Crippen molar-refractivity contribution >= 4 is 59.2 Å². The Hall–Kier alpha value is -5.70. The monoisotopic (exact) mass is 913 g/mol. The van der Waals surface area contributed by atoms with Crippen LogP contribution >= 0.6 is 0 Å². The number of ketones is 1. The number of carbonyl (C=O) groups is 4. The molecule has 356 valence electrons. The number of Topliss-reactive ketones (excluding diaryl/α,β-unsaturated/α-hetero) is 1. The van der Waals surface area contributed by atoms with E-state index >= 15 is 0 Å². The number of imide groups is 1. The van der Waals surface area contributed by atoms with Gasteiger partial charge in [0.25, 0.3) is 11.5 Å². The Labute approximate surface area is 394 Å². The van der Waals surface area contributed by atoms with Crippen molar-refractivity contribution in [3.8, 4) is 0 Å². The number of benzene rings is 1. The van der Waals surface area contributed by atoms with Crippen molar-refractivity contribution in [2.45, 2.75) is 129 Å².